The molecule has 1 N–H and O–H groups in total. The standard InChI is InChI=1S/C22H27N3O3/c1-16-9-17(2)11-19(10-16)23-13-22(26)25-7-5-24(6-8-25)14-18-3-4-20-21(12-18)28-15-27-20/h3-4,9-12,23H,5-8,13-15H2,1-2H3. The number of nitrogens with one attached hydrogen (secondary N) is 1. The summed E-state index contributed by atoms with van der Waals surface area (Å²) in [7, 11) is 0. The van der Waals surface area contributed by atoms with Gasteiger partial charge in [0.15, 0.2) is 11.5 Å². The highest BCUT2D eigenvalue weighted by atomic mass is 16.7. The van der Waals surface area contributed by atoms with Gasteiger partial charge in [0.25, 0.3) is 0 Å². The first kappa shape index (κ1) is 18.6. The van der Waals surface area contributed by atoms with Crippen LogP contribution in [0.4, 0.5) is 5.69 Å². The van der Waals surface area contributed by atoms with E-state index < -0.39 is 0 Å². The van der Waals surface area contributed by atoms with Crippen LogP contribution in [0.25, 0.3) is 0 Å². The fraction of sp³-hybridized carbons (Fsp3) is 0.409. The molecule has 2 aliphatic rings. The van der Waals surface area contributed by atoms with E-state index in [1.54, 1.807) is 0 Å². The number of anilines is 1. The zero-order valence-electron chi connectivity index (χ0n) is 16.5. The lowest BCUT2D eigenvalue weighted by Gasteiger charge is -2.35. The van der Waals surface area contributed by atoms with Crippen LogP contribution in [0.3, 0.4) is 0 Å². The molecule has 0 aliphatic carbocycles. The number of aryl methyl sites for hydroxylation is 2. The van der Waals surface area contributed by atoms with E-state index in [0.29, 0.717) is 13.3 Å². The van der Waals surface area contributed by atoms with Crippen molar-refractivity contribution in [1.29, 1.82) is 0 Å². The van der Waals surface area contributed by atoms with Crippen molar-refractivity contribution in [3.8, 4) is 11.5 Å². The minimum absolute atomic E-state index is 0.155. The maximum atomic E-state index is 12.5. The SMILES string of the molecule is Cc1cc(C)cc(NCC(=O)N2CCN(Cc3ccc4c(c3)OCO4)CC2)c1. The molecule has 28 heavy (non-hydrogen) atoms. The molecule has 0 saturated carbocycles. The number of carbonyl (C=O) groups excluding carboxylic acids is 1. The number of benzene rings is 2. The highest BCUT2D eigenvalue weighted by Crippen LogP contribution is 2.32. The first-order valence-electron chi connectivity index (χ1n) is 9.78. The van der Waals surface area contributed by atoms with E-state index in [2.05, 4.69) is 48.3 Å². The Morgan fingerprint density at radius 1 is 0.964 bits per heavy atom. The molecule has 0 bridgehead atoms. The summed E-state index contributed by atoms with van der Waals surface area (Å²) < 4.78 is 10.8. The second-order valence-electron chi connectivity index (χ2n) is 7.57. The number of hydrogen-bond acceptors (Lipinski definition) is 5. The summed E-state index contributed by atoms with van der Waals surface area (Å²) in [6, 6.07) is 12.4. The molecular formula is C22H27N3O3. The normalized spacial score (nSPS) is 16.3. The quantitative estimate of drug-likeness (QED) is 0.863. The van der Waals surface area contributed by atoms with Gasteiger partial charge in [-0.25, -0.2) is 0 Å². The van der Waals surface area contributed by atoms with Crippen molar-refractivity contribution < 1.29 is 14.3 Å². The minimum atomic E-state index is 0.155. The number of rotatable bonds is 5. The van der Waals surface area contributed by atoms with E-state index in [0.717, 1.165) is 49.9 Å². The summed E-state index contributed by atoms with van der Waals surface area (Å²) in [5, 5.41) is 3.27. The number of amides is 1. The molecule has 6 heteroatoms. The number of carbonyl (C=O) groups is 1. The molecule has 2 aliphatic heterocycles. The number of fused-ring (bicyclic) bond motifs is 1. The molecule has 1 fully saturated rings. The van der Waals surface area contributed by atoms with Crippen LogP contribution in [0, 0.1) is 13.8 Å². The molecule has 148 valence electrons. The van der Waals surface area contributed by atoms with Gasteiger partial charge in [-0.15, -0.1) is 0 Å². The minimum Gasteiger partial charge on any atom is -0.454 e. The van der Waals surface area contributed by atoms with Crippen molar-refractivity contribution in [1.82, 2.24) is 9.80 Å². The maximum absolute atomic E-state index is 12.5. The molecule has 0 atom stereocenters. The molecule has 2 aromatic carbocycles. The Labute approximate surface area is 166 Å². The molecule has 6 nitrogen and oxygen atoms in total. The summed E-state index contributed by atoms with van der Waals surface area (Å²) in [5.41, 5.74) is 4.62. The third-order valence-corrected chi connectivity index (χ3v) is 5.23. The summed E-state index contributed by atoms with van der Waals surface area (Å²) >= 11 is 0. The van der Waals surface area contributed by atoms with Gasteiger partial charge in [-0.05, 0) is 54.8 Å². The lowest BCUT2D eigenvalue weighted by atomic mass is 10.1. The van der Waals surface area contributed by atoms with E-state index >= 15 is 0 Å². The summed E-state index contributed by atoms with van der Waals surface area (Å²) in [6.07, 6.45) is 0. The monoisotopic (exact) mass is 381 g/mol. The van der Waals surface area contributed by atoms with Crippen LogP contribution in [0.5, 0.6) is 11.5 Å². The van der Waals surface area contributed by atoms with E-state index in [1.165, 1.54) is 16.7 Å². The zero-order valence-corrected chi connectivity index (χ0v) is 16.5. The predicted molar refractivity (Wildman–Crippen MR) is 109 cm³/mol. The van der Waals surface area contributed by atoms with Crippen molar-refractivity contribution in [3.63, 3.8) is 0 Å². The van der Waals surface area contributed by atoms with Crippen molar-refractivity contribution in [2.75, 3.05) is 44.8 Å². The molecule has 0 unspecified atom stereocenters. The Morgan fingerprint density at radius 2 is 1.68 bits per heavy atom. The van der Waals surface area contributed by atoms with E-state index in [1.807, 2.05) is 17.0 Å². The Kier molecular flexibility index (Phi) is 5.39. The van der Waals surface area contributed by atoms with Gasteiger partial charge in [-0.3, -0.25) is 9.69 Å². The molecule has 1 saturated heterocycles. The number of ether oxygens (including phenoxy) is 2. The first-order chi connectivity index (χ1) is 13.6. The molecule has 0 aromatic heterocycles. The van der Waals surface area contributed by atoms with Gasteiger partial charge >= 0.3 is 0 Å². The number of nitrogens with zero attached hydrogens (tertiary/aromatic N) is 2. The lowest BCUT2D eigenvalue weighted by Crippen LogP contribution is -2.49. The van der Waals surface area contributed by atoms with Gasteiger partial charge in [0.2, 0.25) is 12.7 Å². The highest BCUT2D eigenvalue weighted by molar-refractivity contribution is 5.81. The van der Waals surface area contributed by atoms with Crippen molar-refractivity contribution in [2.45, 2.75) is 20.4 Å². The summed E-state index contributed by atoms with van der Waals surface area (Å²) in [6.45, 7) is 8.92. The zero-order chi connectivity index (χ0) is 19.5. The Bertz CT molecular complexity index is 840. The van der Waals surface area contributed by atoms with Gasteiger partial charge in [0.1, 0.15) is 0 Å². The van der Waals surface area contributed by atoms with Gasteiger partial charge in [0.05, 0.1) is 6.54 Å². The number of hydrogen-bond donors (Lipinski definition) is 1. The van der Waals surface area contributed by atoms with Crippen LogP contribution >= 0.6 is 0 Å². The van der Waals surface area contributed by atoms with E-state index in [4.69, 9.17) is 9.47 Å². The third kappa shape index (κ3) is 4.39. The van der Waals surface area contributed by atoms with Crippen LogP contribution in [0.2, 0.25) is 0 Å². The Hall–Kier alpha value is -2.73. The van der Waals surface area contributed by atoms with Crippen LogP contribution in [0.1, 0.15) is 16.7 Å². The van der Waals surface area contributed by atoms with Gasteiger partial charge in [-0.1, -0.05) is 12.1 Å². The molecular weight excluding hydrogens is 354 g/mol. The summed E-state index contributed by atoms with van der Waals surface area (Å²) in [5.74, 6) is 1.79. The number of piperazine rings is 1. The largest absolute Gasteiger partial charge is 0.454 e. The fourth-order valence-corrected chi connectivity index (χ4v) is 3.82. The van der Waals surface area contributed by atoms with E-state index in [-0.39, 0.29) is 5.91 Å². The van der Waals surface area contributed by atoms with Crippen LogP contribution < -0.4 is 14.8 Å². The molecule has 0 spiro atoms. The highest BCUT2D eigenvalue weighted by Gasteiger charge is 2.21. The third-order valence-electron chi connectivity index (χ3n) is 5.23. The molecule has 1 amide bonds. The van der Waals surface area contributed by atoms with Gasteiger partial charge in [-0.2, -0.15) is 0 Å². The molecule has 2 heterocycles. The second kappa shape index (κ2) is 8.10. The van der Waals surface area contributed by atoms with Crippen LogP contribution in [-0.2, 0) is 11.3 Å². The van der Waals surface area contributed by atoms with Crippen LogP contribution in [-0.4, -0.2) is 55.2 Å². The first-order valence-corrected chi connectivity index (χ1v) is 9.78. The van der Waals surface area contributed by atoms with Crippen molar-refractivity contribution in [3.05, 3.63) is 53.1 Å². The molecule has 4 rings (SSSR count). The molecule has 0 radical (unpaired) electrons. The van der Waals surface area contributed by atoms with Crippen molar-refractivity contribution in [2.24, 2.45) is 0 Å². The smallest absolute Gasteiger partial charge is 0.241 e. The van der Waals surface area contributed by atoms with Gasteiger partial charge < -0.3 is 19.7 Å². The Morgan fingerprint density at radius 3 is 2.43 bits per heavy atom. The average Bonchev–Trinajstić information content (AvgIpc) is 3.14. The van der Waals surface area contributed by atoms with Crippen LogP contribution in [0.15, 0.2) is 36.4 Å². The fourth-order valence-electron chi connectivity index (χ4n) is 3.82. The lowest BCUT2D eigenvalue weighted by molar-refractivity contribution is -0.131. The summed E-state index contributed by atoms with van der Waals surface area (Å²) in [4.78, 5) is 16.9. The second-order valence-corrected chi connectivity index (χ2v) is 7.57. The topological polar surface area (TPSA) is 54.0 Å². The Balaban J connectivity index is 1.25. The van der Waals surface area contributed by atoms with E-state index in [9.17, 15) is 4.79 Å². The average molecular weight is 381 g/mol. The molecule has 2 aromatic rings. The van der Waals surface area contributed by atoms with Gasteiger partial charge in [0, 0.05) is 38.4 Å². The maximum Gasteiger partial charge on any atom is 0.241 e. The predicted octanol–water partition coefficient (Wildman–Crippen LogP) is 2.79. The van der Waals surface area contributed by atoms with Crippen molar-refractivity contribution >= 4 is 11.6 Å².